The van der Waals surface area contributed by atoms with E-state index in [1.54, 1.807) is 18.2 Å². The van der Waals surface area contributed by atoms with E-state index in [2.05, 4.69) is 47.3 Å². The maximum absolute atomic E-state index is 12.6. The van der Waals surface area contributed by atoms with Crippen LogP contribution in [0.15, 0.2) is 22.7 Å². The predicted octanol–water partition coefficient (Wildman–Crippen LogP) is 5.29. The molecule has 1 atom stereocenters. The number of thiophene rings is 1. The molecule has 0 fully saturated rings. The molecule has 1 aliphatic carbocycles. The molecule has 4 N–H and O–H groups in total. The minimum atomic E-state index is -0.483. The molecule has 0 saturated carbocycles. The van der Waals surface area contributed by atoms with Gasteiger partial charge < -0.3 is 15.8 Å². The average Bonchev–Trinajstić information content (AvgIpc) is 3.05. The number of rotatable bonds is 5. The van der Waals surface area contributed by atoms with Gasteiger partial charge in [0.1, 0.15) is 10.8 Å². The lowest BCUT2D eigenvalue weighted by Crippen LogP contribution is -2.34. The van der Waals surface area contributed by atoms with Gasteiger partial charge in [-0.25, -0.2) is 0 Å². The van der Waals surface area contributed by atoms with Gasteiger partial charge in [0.25, 0.3) is 11.8 Å². The zero-order chi connectivity index (χ0) is 23.6. The molecule has 2 aromatic rings. The smallest absolute Gasteiger partial charge is 0.257 e. The van der Waals surface area contributed by atoms with Gasteiger partial charge in [-0.2, -0.15) is 0 Å². The molecule has 2 amide bonds. The van der Waals surface area contributed by atoms with Crippen molar-refractivity contribution in [2.45, 2.75) is 47.0 Å². The molecular formula is C23H28BrN3O3S2. The van der Waals surface area contributed by atoms with Crippen LogP contribution in [0.2, 0.25) is 0 Å². The van der Waals surface area contributed by atoms with Crippen molar-refractivity contribution in [1.82, 2.24) is 5.32 Å². The molecule has 0 aliphatic heterocycles. The van der Waals surface area contributed by atoms with E-state index in [0.717, 1.165) is 29.7 Å². The van der Waals surface area contributed by atoms with Crippen molar-refractivity contribution in [3.63, 3.8) is 0 Å². The highest BCUT2D eigenvalue weighted by molar-refractivity contribution is 9.10. The number of hydrogen-bond acceptors (Lipinski definition) is 5. The van der Waals surface area contributed by atoms with Gasteiger partial charge in [0, 0.05) is 10.4 Å². The Kier molecular flexibility index (Phi) is 7.62. The van der Waals surface area contributed by atoms with E-state index >= 15 is 0 Å². The first-order chi connectivity index (χ1) is 15.0. The molecule has 32 heavy (non-hydrogen) atoms. The SMILES string of the molecule is CCOc1ccc(C(=O)NC(=S)Nc2sc3c(c2C(N)=O)CC[C@@H](C(C)(C)C)C3)cc1Br. The topological polar surface area (TPSA) is 93.4 Å². The fourth-order valence-electron chi connectivity index (χ4n) is 3.90. The van der Waals surface area contributed by atoms with Crippen molar-refractivity contribution in [1.29, 1.82) is 0 Å². The molecule has 3 rings (SSSR count). The Balaban J connectivity index is 1.75. The molecule has 1 heterocycles. The zero-order valence-corrected chi connectivity index (χ0v) is 21.9. The highest BCUT2D eigenvalue weighted by atomic mass is 79.9. The van der Waals surface area contributed by atoms with Crippen molar-refractivity contribution in [2.24, 2.45) is 17.1 Å². The van der Waals surface area contributed by atoms with Crippen LogP contribution in [0.5, 0.6) is 5.75 Å². The van der Waals surface area contributed by atoms with Crippen molar-refractivity contribution >= 4 is 61.4 Å². The summed E-state index contributed by atoms with van der Waals surface area (Å²) in [6, 6.07) is 5.07. The molecule has 0 unspecified atom stereocenters. The summed E-state index contributed by atoms with van der Waals surface area (Å²) in [5.41, 5.74) is 7.82. The lowest BCUT2D eigenvalue weighted by Gasteiger charge is -2.33. The average molecular weight is 539 g/mol. The molecule has 0 bridgehead atoms. The summed E-state index contributed by atoms with van der Waals surface area (Å²) in [7, 11) is 0. The third-order valence-electron chi connectivity index (χ3n) is 5.68. The van der Waals surface area contributed by atoms with Crippen LogP contribution in [0, 0.1) is 11.3 Å². The quantitative estimate of drug-likeness (QED) is 0.450. The Hall–Kier alpha value is -1.97. The molecule has 172 valence electrons. The molecule has 1 aromatic carbocycles. The first kappa shape index (κ1) is 24.7. The van der Waals surface area contributed by atoms with Gasteiger partial charge >= 0.3 is 0 Å². The van der Waals surface area contributed by atoms with Crippen LogP contribution in [0.3, 0.4) is 0 Å². The number of primary amides is 1. The number of fused-ring (bicyclic) bond motifs is 1. The number of nitrogens with one attached hydrogen (secondary N) is 2. The number of amides is 2. The number of benzene rings is 1. The molecule has 9 heteroatoms. The van der Waals surface area contributed by atoms with E-state index in [9.17, 15) is 9.59 Å². The van der Waals surface area contributed by atoms with Gasteiger partial charge in [-0.3, -0.25) is 14.9 Å². The maximum Gasteiger partial charge on any atom is 0.257 e. The van der Waals surface area contributed by atoms with Crippen LogP contribution >= 0.6 is 39.5 Å². The summed E-state index contributed by atoms with van der Waals surface area (Å²) in [5, 5.41) is 6.42. The summed E-state index contributed by atoms with van der Waals surface area (Å²) in [5.74, 6) is 0.352. The number of anilines is 1. The number of thiocarbonyl (C=S) groups is 1. The zero-order valence-electron chi connectivity index (χ0n) is 18.6. The number of nitrogens with two attached hydrogens (primary N) is 1. The van der Waals surface area contributed by atoms with Crippen LogP contribution in [-0.4, -0.2) is 23.5 Å². The Labute approximate surface area is 206 Å². The fourth-order valence-corrected chi connectivity index (χ4v) is 5.99. The van der Waals surface area contributed by atoms with E-state index in [1.165, 1.54) is 11.3 Å². The van der Waals surface area contributed by atoms with Gasteiger partial charge in [-0.1, -0.05) is 20.8 Å². The summed E-state index contributed by atoms with van der Waals surface area (Å²) in [4.78, 5) is 26.0. The number of halogens is 1. The van der Waals surface area contributed by atoms with E-state index in [4.69, 9.17) is 22.7 Å². The summed E-state index contributed by atoms with van der Waals surface area (Å²) >= 11 is 10.3. The van der Waals surface area contributed by atoms with E-state index in [-0.39, 0.29) is 16.4 Å². The Morgan fingerprint density at radius 2 is 2.06 bits per heavy atom. The lowest BCUT2D eigenvalue weighted by atomic mass is 9.72. The van der Waals surface area contributed by atoms with E-state index in [1.807, 2.05) is 6.92 Å². The molecule has 0 saturated heterocycles. The van der Waals surface area contributed by atoms with E-state index in [0.29, 0.717) is 38.9 Å². The molecular weight excluding hydrogens is 510 g/mol. The van der Waals surface area contributed by atoms with Crippen LogP contribution in [0.25, 0.3) is 0 Å². The number of ether oxygens (including phenoxy) is 1. The van der Waals surface area contributed by atoms with Gasteiger partial charge in [-0.05, 0) is 89.4 Å². The van der Waals surface area contributed by atoms with E-state index < -0.39 is 5.91 Å². The first-order valence-corrected chi connectivity index (χ1v) is 12.5. The minimum absolute atomic E-state index is 0.119. The van der Waals surface area contributed by atoms with Gasteiger partial charge in [0.15, 0.2) is 5.11 Å². The molecule has 1 aromatic heterocycles. The first-order valence-electron chi connectivity index (χ1n) is 10.5. The lowest BCUT2D eigenvalue weighted by molar-refractivity contribution is 0.0975. The van der Waals surface area contributed by atoms with Crippen LogP contribution < -0.4 is 21.1 Å². The Bertz CT molecular complexity index is 1060. The largest absolute Gasteiger partial charge is 0.493 e. The second-order valence-electron chi connectivity index (χ2n) is 8.86. The van der Waals surface area contributed by atoms with Crippen molar-refractivity contribution in [3.8, 4) is 5.75 Å². The third kappa shape index (κ3) is 5.50. The van der Waals surface area contributed by atoms with Crippen molar-refractivity contribution in [2.75, 3.05) is 11.9 Å². The number of hydrogen-bond donors (Lipinski definition) is 3. The van der Waals surface area contributed by atoms with Crippen molar-refractivity contribution in [3.05, 3.63) is 44.2 Å². The summed E-state index contributed by atoms with van der Waals surface area (Å²) < 4.78 is 6.16. The second-order valence-corrected chi connectivity index (χ2v) is 11.2. The van der Waals surface area contributed by atoms with Crippen LogP contribution in [-0.2, 0) is 12.8 Å². The molecule has 1 aliphatic rings. The molecule has 6 nitrogen and oxygen atoms in total. The van der Waals surface area contributed by atoms with Crippen LogP contribution in [0.4, 0.5) is 5.00 Å². The Morgan fingerprint density at radius 1 is 1.34 bits per heavy atom. The van der Waals surface area contributed by atoms with Crippen LogP contribution in [0.1, 0.15) is 65.3 Å². The van der Waals surface area contributed by atoms with Gasteiger partial charge in [0.05, 0.1) is 16.6 Å². The molecule has 0 spiro atoms. The monoisotopic (exact) mass is 537 g/mol. The van der Waals surface area contributed by atoms with Gasteiger partial charge in [0.2, 0.25) is 0 Å². The Morgan fingerprint density at radius 3 is 2.66 bits per heavy atom. The van der Waals surface area contributed by atoms with Gasteiger partial charge in [-0.15, -0.1) is 11.3 Å². The number of carbonyl (C=O) groups excluding carboxylic acids is 2. The third-order valence-corrected chi connectivity index (χ3v) is 7.68. The summed E-state index contributed by atoms with van der Waals surface area (Å²) in [6.45, 7) is 9.15. The second kappa shape index (κ2) is 9.89. The number of carbonyl (C=O) groups is 2. The minimum Gasteiger partial charge on any atom is -0.493 e. The predicted molar refractivity (Wildman–Crippen MR) is 137 cm³/mol. The summed E-state index contributed by atoms with van der Waals surface area (Å²) in [6.07, 6.45) is 2.73. The fraction of sp³-hybridized carbons (Fsp3) is 0.435. The highest BCUT2D eigenvalue weighted by Crippen LogP contribution is 2.44. The normalized spacial score (nSPS) is 15.6. The maximum atomic E-state index is 12.6. The molecule has 0 radical (unpaired) electrons. The van der Waals surface area contributed by atoms with Crippen molar-refractivity contribution < 1.29 is 14.3 Å². The highest BCUT2D eigenvalue weighted by Gasteiger charge is 2.33. The standard InChI is InChI=1S/C23H28BrN3O3S2/c1-5-30-16-9-6-12(10-15(16)24)20(29)26-22(31)27-21-18(19(25)28)14-8-7-13(23(2,3)4)11-17(14)32-21/h6,9-10,13H,5,7-8,11H2,1-4H3,(H2,25,28)(H2,26,27,29,31)/t13-/m1/s1.